The van der Waals surface area contributed by atoms with E-state index < -0.39 is 0 Å². The monoisotopic (exact) mass is 236 g/mol. The highest BCUT2D eigenvalue weighted by atomic mass is 16.1. The highest BCUT2D eigenvalue weighted by Crippen LogP contribution is 2.24. The number of carbonyl (C=O) groups is 2. The van der Waals surface area contributed by atoms with Crippen LogP contribution in [0.2, 0.25) is 0 Å². The van der Waals surface area contributed by atoms with Gasteiger partial charge in [0.2, 0.25) is 0 Å². The van der Waals surface area contributed by atoms with Gasteiger partial charge in [-0.3, -0.25) is 9.59 Å². The maximum absolute atomic E-state index is 11.9. The van der Waals surface area contributed by atoms with Crippen LogP contribution < -0.4 is 0 Å². The van der Waals surface area contributed by atoms with Crippen LogP contribution in [0.5, 0.6) is 0 Å². The molecule has 1 aliphatic carbocycles. The number of Topliss-reactive ketones (excluding diaryl/α,β-unsaturated/α-hetero) is 1. The molecule has 0 aromatic carbocycles. The van der Waals surface area contributed by atoms with E-state index in [1.807, 2.05) is 19.9 Å². The molecule has 1 aliphatic rings. The first-order valence-electron chi connectivity index (χ1n) is 6.68. The Morgan fingerprint density at radius 2 is 1.65 bits per heavy atom. The predicted octanol–water partition coefficient (Wildman–Crippen LogP) is 3.55. The average molecular weight is 236 g/mol. The fraction of sp³-hybridized carbons (Fsp3) is 0.733. The van der Waals surface area contributed by atoms with Gasteiger partial charge in [0.25, 0.3) is 0 Å². The van der Waals surface area contributed by atoms with Crippen molar-refractivity contribution in [2.24, 2.45) is 17.8 Å². The quantitative estimate of drug-likeness (QED) is 0.697. The summed E-state index contributed by atoms with van der Waals surface area (Å²) < 4.78 is 0. The van der Waals surface area contributed by atoms with Crippen molar-refractivity contribution < 1.29 is 9.59 Å². The molecule has 2 heteroatoms. The Morgan fingerprint density at radius 3 is 2.24 bits per heavy atom. The summed E-state index contributed by atoms with van der Waals surface area (Å²) in [6, 6.07) is 0. The van der Waals surface area contributed by atoms with Crippen molar-refractivity contribution in [3.63, 3.8) is 0 Å². The highest BCUT2D eigenvalue weighted by Gasteiger charge is 2.20. The van der Waals surface area contributed by atoms with Crippen molar-refractivity contribution in [1.82, 2.24) is 0 Å². The molecule has 17 heavy (non-hydrogen) atoms. The molecule has 0 heterocycles. The van der Waals surface area contributed by atoms with Gasteiger partial charge in [-0.05, 0) is 31.3 Å². The molecule has 0 aliphatic heterocycles. The van der Waals surface area contributed by atoms with Crippen molar-refractivity contribution >= 4 is 11.6 Å². The second-order valence-electron chi connectivity index (χ2n) is 5.62. The van der Waals surface area contributed by atoms with Crippen LogP contribution in [-0.4, -0.2) is 11.6 Å². The van der Waals surface area contributed by atoms with Crippen LogP contribution in [0.4, 0.5) is 0 Å². The van der Waals surface area contributed by atoms with Gasteiger partial charge >= 0.3 is 0 Å². The SMILES string of the molecule is CC1CCC(=O)C(C)CC/C(C(C)C)=C\C1=O. The molecule has 0 amide bonds. The van der Waals surface area contributed by atoms with Crippen molar-refractivity contribution in [3.05, 3.63) is 11.6 Å². The Labute approximate surface area is 104 Å². The second kappa shape index (κ2) is 6.13. The van der Waals surface area contributed by atoms with E-state index in [-0.39, 0.29) is 17.6 Å². The van der Waals surface area contributed by atoms with Gasteiger partial charge in [0, 0.05) is 18.3 Å². The molecule has 0 saturated heterocycles. The smallest absolute Gasteiger partial charge is 0.158 e. The highest BCUT2D eigenvalue weighted by molar-refractivity contribution is 5.92. The van der Waals surface area contributed by atoms with Crippen LogP contribution in [0.25, 0.3) is 0 Å². The maximum atomic E-state index is 11.9. The minimum Gasteiger partial charge on any atom is -0.299 e. The summed E-state index contributed by atoms with van der Waals surface area (Å²) in [6.07, 6.45) is 4.84. The first-order chi connectivity index (χ1) is 7.91. The zero-order valence-corrected chi connectivity index (χ0v) is 11.5. The number of allylic oxidation sites excluding steroid dienone is 2. The maximum Gasteiger partial charge on any atom is 0.158 e. The molecule has 0 aromatic heterocycles. The van der Waals surface area contributed by atoms with E-state index in [1.54, 1.807) is 0 Å². The van der Waals surface area contributed by atoms with E-state index in [0.717, 1.165) is 12.8 Å². The van der Waals surface area contributed by atoms with Crippen molar-refractivity contribution in [3.8, 4) is 0 Å². The van der Waals surface area contributed by atoms with Crippen LogP contribution in [0.3, 0.4) is 0 Å². The Morgan fingerprint density at radius 1 is 1.06 bits per heavy atom. The lowest BCUT2D eigenvalue weighted by Gasteiger charge is -2.18. The van der Waals surface area contributed by atoms with E-state index in [0.29, 0.717) is 24.5 Å². The van der Waals surface area contributed by atoms with Crippen LogP contribution in [0, 0.1) is 17.8 Å². The molecule has 0 bridgehead atoms. The lowest BCUT2D eigenvalue weighted by Crippen LogP contribution is -2.18. The molecule has 0 radical (unpaired) electrons. The Balaban J connectivity index is 2.89. The predicted molar refractivity (Wildman–Crippen MR) is 69.7 cm³/mol. The summed E-state index contributed by atoms with van der Waals surface area (Å²) in [7, 11) is 0. The van der Waals surface area contributed by atoms with Gasteiger partial charge in [0.15, 0.2) is 5.78 Å². The first kappa shape index (κ1) is 14.1. The van der Waals surface area contributed by atoms with Gasteiger partial charge < -0.3 is 0 Å². The summed E-state index contributed by atoms with van der Waals surface area (Å²) >= 11 is 0. The molecule has 0 spiro atoms. The fourth-order valence-electron chi connectivity index (χ4n) is 2.14. The summed E-state index contributed by atoms with van der Waals surface area (Å²) in [5.74, 6) is 1.02. The minimum absolute atomic E-state index is 0.0157. The topological polar surface area (TPSA) is 34.1 Å². The van der Waals surface area contributed by atoms with E-state index in [2.05, 4.69) is 13.8 Å². The molecule has 2 nitrogen and oxygen atoms in total. The van der Waals surface area contributed by atoms with Gasteiger partial charge in [0.1, 0.15) is 5.78 Å². The van der Waals surface area contributed by atoms with Crippen LogP contribution in [0.1, 0.15) is 53.4 Å². The van der Waals surface area contributed by atoms with Crippen molar-refractivity contribution in [2.45, 2.75) is 53.4 Å². The van der Waals surface area contributed by atoms with Crippen molar-refractivity contribution in [1.29, 1.82) is 0 Å². The third-order valence-electron chi connectivity index (χ3n) is 3.79. The minimum atomic E-state index is -0.0157. The Bertz CT molecular complexity index is 326. The number of ketones is 2. The molecule has 0 saturated carbocycles. The molecule has 2 atom stereocenters. The van der Waals surface area contributed by atoms with Gasteiger partial charge in [-0.1, -0.05) is 33.3 Å². The normalized spacial score (nSPS) is 31.2. The Hall–Kier alpha value is -0.920. The molecule has 2 unspecified atom stereocenters. The van der Waals surface area contributed by atoms with E-state index in [4.69, 9.17) is 0 Å². The summed E-state index contributed by atoms with van der Waals surface area (Å²) in [5.41, 5.74) is 1.20. The lowest BCUT2D eigenvalue weighted by molar-refractivity contribution is -0.123. The molecule has 96 valence electrons. The summed E-state index contributed by atoms with van der Waals surface area (Å²) in [6.45, 7) is 8.16. The van der Waals surface area contributed by atoms with Gasteiger partial charge in [-0.25, -0.2) is 0 Å². The van der Waals surface area contributed by atoms with E-state index in [1.165, 1.54) is 5.57 Å². The second-order valence-corrected chi connectivity index (χ2v) is 5.62. The fourth-order valence-corrected chi connectivity index (χ4v) is 2.14. The number of hydrogen-bond donors (Lipinski definition) is 0. The molecule has 0 fully saturated rings. The zero-order valence-electron chi connectivity index (χ0n) is 11.5. The largest absolute Gasteiger partial charge is 0.299 e. The van der Waals surface area contributed by atoms with Crippen LogP contribution in [-0.2, 0) is 9.59 Å². The number of carbonyl (C=O) groups excluding carboxylic acids is 2. The third kappa shape index (κ3) is 4.10. The van der Waals surface area contributed by atoms with Gasteiger partial charge in [-0.2, -0.15) is 0 Å². The van der Waals surface area contributed by atoms with Crippen LogP contribution in [0.15, 0.2) is 11.6 Å². The standard InChI is InChI=1S/C15H24O2/c1-10(2)13-7-5-11(3)14(16)8-6-12(4)15(17)9-13/h9-12H,5-8H2,1-4H3/b13-9+. The van der Waals surface area contributed by atoms with Crippen molar-refractivity contribution in [2.75, 3.05) is 0 Å². The molecule has 1 rings (SSSR count). The summed E-state index contributed by atoms with van der Waals surface area (Å²) in [4.78, 5) is 23.8. The first-order valence-corrected chi connectivity index (χ1v) is 6.68. The van der Waals surface area contributed by atoms with E-state index in [9.17, 15) is 9.59 Å². The molecular formula is C15H24O2. The molecular weight excluding hydrogens is 212 g/mol. The van der Waals surface area contributed by atoms with Crippen LogP contribution >= 0.6 is 0 Å². The number of hydrogen-bond acceptors (Lipinski definition) is 2. The lowest BCUT2D eigenvalue weighted by atomic mass is 9.85. The zero-order chi connectivity index (χ0) is 13.0. The van der Waals surface area contributed by atoms with Gasteiger partial charge in [0.05, 0.1) is 0 Å². The summed E-state index contributed by atoms with van der Waals surface area (Å²) in [5, 5.41) is 0. The number of rotatable bonds is 1. The average Bonchev–Trinajstić information content (AvgIpc) is 2.28. The Kier molecular flexibility index (Phi) is 5.10. The third-order valence-corrected chi connectivity index (χ3v) is 3.79. The van der Waals surface area contributed by atoms with Gasteiger partial charge in [-0.15, -0.1) is 0 Å². The molecule has 0 N–H and O–H groups in total. The van der Waals surface area contributed by atoms with E-state index >= 15 is 0 Å². The molecule has 0 aromatic rings.